The molecule has 8 aromatic carbocycles. The molecule has 0 aliphatic rings. The fourth-order valence-corrected chi connectivity index (χ4v) is 6.68. The summed E-state index contributed by atoms with van der Waals surface area (Å²) < 4.78 is 5.44. The SMILES string of the molecule is COc1ccc2cc(N(c3ccccc3)c3ccc(/C=C/c4ccc(N(c5ccccc5)c5ccc6cc(C)ccc6c5)cc4)cc3)ccc2c1. The Morgan fingerprint density at radius 3 is 1.25 bits per heavy atom. The zero-order valence-electron chi connectivity index (χ0n) is 28.8. The van der Waals surface area contributed by atoms with Crippen molar-refractivity contribution in [1.29, 1.82) is 0 Å². The van der Waals surface area contributed by atoms with Crippen LogP contribution >= 0.6 is 0 Å². The summed E-state index contributed by atoms with van der Waals surface area (Å²) in [7, 11) is 1.70. The second-order valence-electron chi connectivity index (χ2n) is 12.8. The standard InChI is InChI=1S/C48H38N2O/c1-35-13-20-39-32-46(28-21-38(39)31-35)49(42-9-5-3-6-10-42)44-24-16-36(17-25-44)14-15-37-18-26-45(27-19-37)50(43-11-7-4-8-12-43)47-29-22-41-34-48(51-2)30-23-40(41)33-47/h3-34H,1-2H3/b15-14+. The third kappa shape index (κ3) is 6.83. The molecule has 0 heterocycles. The Balaban J connectivity index is 1.05. The Morgan fingerprint density at radius 1 is 0.373 bits per heavy atom. The Hall–Kier alpha value is -6.58. The number of hydrogen-bond acceptors (Lipinski definition) is 3. The first-order chi connectivity index (χ1) is 25.1. The van der Waals surface area contributed by atoms with Crippen LogP contribution in [-0.2, 0) is 0 Å². The van der Waals surface area contributed by atoms with Crippen molar-refractivity contribution in [2.24, 2.45) is 0 Å². The van der Waals surface area contributed by atoms with Crippen molar-refractivity contribution in [2.75, 3.05) is 16.9 Å². The van der Waals surface area contributed by atoms with Gasteiger partial charge in [0.1, 0.15) is 5.75 Å². The summed E-state index contributed by atoms with van der Waals surface area (Å²) in [6.07, 6.45) is 4.35. The summed E-state index contributed by atoms with van der Waals surface area (Å²) in [5, 5.41) is 4.80. The van der Waals surface area contributed by atoms with Gasteiger partial charge >= 0.3 is 0 Å². The predicted molar refractivity (Wildman–Crippen MR) is 217 cm³/mol. The second kappa shape index (κ2) is 14.1. The molecule has 8 rings (SSSR count). The maximum atomic E-state index is 5.44. The molecule has 0 radical (unpaired) electrons. The minimum Gasteiger partial charge on any atom is -0.497 e. The minimum absolute atomic E-state index is 0.861. The average molecular weight is 659 g/mol. The molecule has 0 spiro atoms. The molecule has 0 bridgehead atoms. The van der Waals surface area contributed by atoms with Crippen LogP contribution in [-0.4, -0.2) is 7.11 Å². The van der Waals surface area contributed by atoms with Gasteiger partial charge in [0.25, 0.3) is 0 Å². The first-order valence-corrected chi connectivity index (χ1v) is 17.3. The molecule has 3 nitrogen and oxygen atoms in total. The molecule has 246 valence electrons. The Morgan fingerprint density at radius 2 is 0.765 bits per heavy atom. The summed E-state index contributed by atoms with van der Waals surface area (Å²) >= 11 is 0. The third-order valence-corrected chi connectivity index (χ3v) is 9.33. The van der Waals surface area contributed by atoms with Crippen LogP contribution in [0.3, 0.4) is 0 Å². The first-order valence-electron chi connectivity index (χ1n) is 17.3. The number of fused-ring (bicyclic) bond motifs is 2. The highest BCUT2D eigenvalue weighted by molar-refractivity contribution is 5.91. The van der Waals surface area contributed by atoms with Crippen LogP contribution < -0.4 is 14.5 Å². The van der Waals surface area contributed by atoms with Crippen molar-refractivity contribution >= 4 is 67.8 Å². The van der Waals surface area contributed by atoms with Crippen molar-refractivity contribution in [3.8, 4) is 5.75 Å². The molecule has 0 aromatic heterocycles. The third-order valence-electron chi connectivity index (χ3n) is 9.33. The van der Waals surface area contributed by atoms with Crippen LogP contribution in [0.25, 0.3) is 33.7 Å². The topological polar surface area (TPSA) is 15.7 Å². The molecule has 3 heteroatoms. The Kier molecular flexibility index (Phi) is 8.76. The molecule has 0 saturated carbocycles. The monoisotopic (exact) mass is 658 g/mol. The highest BCUT2D eigenvalue weighted by Gasteiger charge is 2.14. The maximum Gasteiger partial charge on any atom is 0.119 e. The van der Waals surface area contributed by atoms with E-state index in [4.69, 9.17) is 4.74 Å². The largest absolute Gasteiger partial charge is 0.497 e. The smallest absolute Gasteiger partial charge is 0.119 e. The number of methoxy groups -OCH3 is 1. The molecule has 51 heavy (non-hydrogen) atoms. The molecule has 0 amide bonds. The lowest BCUT2D eigenvalue weighted by Crippen LogP contribution is -2.09. The van der Waals surface area contributed by atoms with E-state index in [9.17, 15) is 0 Å². The van der Waals surface area contributed by atoms with E-state index in [0.29, 0.717) is 0 Å². The number of ether oxygens (including phenoxy) is 1. The van der Waals surface area contributed by atoms with Crippen molar-refractivity contribution in [2.45, 2.75) is 6.92 Å². The van der Waals surface area contributed by atoms with Crippen molar-refractivity contribution in [3.05, 3.63) is 199 Å². The lowest BCUT2D eigenvalue weighted by molar-refractivity contribution is 0.415. The molecule has 0 N–H and O–H groups in total. The van der Waals surface area contributed by atoms with Gasteiger partial charge in [0, 0.05) is 34.1 Å². The van der Waals surface area contributed by atoms with Gasteiger partial charge in [-0.3, -0.25) is 0 Å². The van der Waals surface area contributed by atoms with E-state index < -0.39 is 0 Å². The van der Waals surface area contributed by atoms with Gasteiger partial charge < -0.3 is 14.5 Å². The number of aryl methyl sites for hydroxylation is 1. The lowest BCUT2D eigenvalue weighted by Gasteiger charge is -2.26. The van der Waals surface area contributed by atoms with Gasteiger partial charge in [-0.15, -0.1) is 0 Å². The van der Waals surface area contributed by atoms with E-state index in [1.165, 1.54) is 21.7 Å². The molecule has 0 fully saturated rings. The Labute approximate surface area is 299 Å². The van der Waals surface area contributed by atoms with E-state index >= 15 is 0 Å². The quantitative estimate of drug-likeness (QED) is 0.144. The van der Waals surface area contributed by atoms with Crippen LogP contribution in [0.1, 0.15) is 16.7 Å². The number of benzene rings is 8. The average Bonchev–Trinajstić information content (AvgIpc) is 3.19. The fraction of sp³-hybridized carbons (Fsp3) is 0.0417. The second-order valence-corrected chi connectivity index (χ2v) is 12.8. The summed E-state index contributed by atoms with van der Waals surface area (Å²) in [6.45, 7) is 2.14. The minimum atomic E-state index is 0.861. The van der Waals surface area contributed by atoms with Crippen LogP contribution in [0, 0.1) is 6.92 Å². The first kappa shape index (κ1) is 31.7. The van der Waals surface area contributed by atoms with E-state index in [0.717, 1.165) is 56.4 Å². The zero-order chi connectivity index (χ0) is 34.6. The number of nitrogens with zero attached hydrogens (tertiary/aromatic N) is 2. The lowest BCUT2D eigenvalue weighted by atomic mass is 10.1. The van der Waals surface area contributed by atoms with Gasteiger partial charge in [0.2, 0.25) is 0 Å². The molecule has 0 atom stereocenters. The van der Waals surface area contributed by atoms with E-state index in [2.05, 4.69) is 205 Å². The van der Waals surface area contributed by atoms with Gasteiger partial charge in [-0.25, -0.2) is 0 Å². The molecule has 8 aromatic rings. The van der Waals surface area contributed by atoms with E-state index in [1.54, 1.807) is 7.11 Å². The van der Waals surface area contributed by atoms with Gasteiger partial charge in [0.15, 0.2) is 0 Å². The number of para-hydroxylation sites is 2. The van der Waals surface area contributed by atoms with Gasteiger partial charge in [0.05, 0.1) is 7.11 Å². The number of anilines is 6. The highest BCUT2D eigenvalue weighted by Crippen LogP contribution is 2.38. The van der Waals surface area contributed by atoms with Crippen LogP contribution in [0.4, 0.5) is 34.1 Å². The fourth-order valence-electron chi connectivity index (χ4n) is 6.68. The highest BCUT2D eigenvalue weighted by atomic mass is 16.5. The Bertz CT molecular complexity index is 2450. The van der Waals surface area contributed by atoms with Crippen LogP contribution in [0.2, 0.25) is 0 Å². The normalized spacial score (nSPS) is 11.3. The van der Waals surface area contributed by atoms with E-state index in [1.807, 2.05) is 6.07 Å². The van der Waals surface area contributed by atoms with Gasteiger partial charge in [-0.2, -0.15) is 0 Å². The molecule has 0 unspecified atom stereocenters. The van der Waals surface area contributed by atoms with Crippen molar-refractivity contribution in [3.63, 3.8) is 0 Å². The van der Waals surface area contributed by atoms with Gasteiger partial charge in [-0.1, -0.05) is 115 Å². The predicted octanol–water partition coefficient (Wildman–Crippen LogP) is 13.4. The summed E-state index contributed by atoms with van der Waals surface area (Å²) in [5.41, 5.74) is 10.2. The summed E-state index contributed by atoms with van der Waals surface area (Å²) in [6, 6.07) is 64.7. The number of rotatable bonds is 9. The molecular weight excluding hydrogens is 621 g/mol. The molecule has 0 aliphatic carbocycles. The zero-order valence-corrected chi connectivity index (χ0v) is 28.8. The number of hydrogen-bond donors (Lipinski definition) is 0. The van der Waals surface area contributed by atoms with Crippen molar-refractivity contribution < 1.29 is 4.74 Å². The van der Waals surface area contributed by atoms with Crippen LogP contribution in [0.5, 0.6) is 5.75 Å². The van der Waals surface area contributed by atoms with E-state index in [-0.39, 0.29) is 0 Å². The van der Waals surface area contributed by atoms with Crippen molar-refractivity contribution in [1.82, 2.24) is 0 Å². The maximum absolute atomic E-state index is 5.44. The molecule has 0 saturated heterocycles. The van der Waals surface area contributed by atoms with Gasteiger partial charge in [-0.05, 0) is 125 Å². The molecule has 0 aliphatic heterocycles. The summed E-state index contributed by atoms with van der Waals surface area (Å²) in [5.74, 6) is 0.861. The van der Waals surface area contributed by atoms with Crippen LogP contribution in [0.15, 0.2) is 182 Å². The molecular formula is C48H38N2O. The summed E-state index contributed by atoms with van der Waals surface area (Å²) in [4.78, 5) is 4.61.